The van der Waals surface area contributed by atoms with Gasteiger partial charge in [0.25, 0.3) is 5.91 Å². The molecule has 1 aliphatic rings. The molecular formula is C22H24N4O2. The van der Waals surface area contributed by atoms with Gasteiger partial charge in [0.15, 0.2) is 0 Å². The minimum atomic E-state index is 0.0825. The summed E-state index contributed by atoms with van der Waals surface area (Å²) in [5.41, 5.74) is 2.63. The Balaban J connectivity index is 1.38. The second-order valence-corrected chi connectivity index (χ2v) is 7.20. The number of nitrogens with zero attached hydrogens (tertiary/aromatic N) is 4. The maximum Gasteiger partial charge on any atom is 0.253 e. The summed E-state index contributed by atoms with van der Waals surface area (Å²) in [7, 11) is 1.85. The van der Waals surface area contributed by atoms with Crippen LogP contribution < -0.4 is 4.74 Å². The van der Waals surface area contributed by atoms with Crippen molar-refractivity contribution in [3.8, 4) is 17.0 Å². The van der Waals surface area contributed by atoms with Crippen LogP contribution in [0.4, 0.5) is 0 Å². The molecule has 0 saturated carbocycles. The summed E-state index contributed by atoms with van der Waals surface area (Å²) < 4.78 is 7.62. The van der Waals surface area contributed by atoms with E-state index in [9.17, 15) is 4.79 Å². The number of rotatable bonds is 5. The number of carbonyl (C=O) groups excluding carboxylic acids is 1. The number of aromatic nitrogens is 3. The number of ether oxygens (including phenoxy) is 1. The van der Waals surface area contributed by atoms with E-state index in [-0.39, 0.29) is 5.91 Å². The first-order valence-corrected chi connectivity index (χ1v) is 9.63. The van der Waals surface area contributed by atoms with Gasteiger partial charge < -0.3 is 9.64 Å². The minimum Gasteiger partial charge on any atom is -0.493 e. The van der Waals surface area contributed by atoms with E-state index in [4.69, 9.17) is 4.74 Å². The van der Waals surface area contributed by atoms with E-state index in [1.54, 1.807) is 10.9 Å². The van der Waals surface area contributed by atoms with Crippen molar-refractivity contribution in [1.29, 1.82) is 0 Å². The van der Waals surface area contributed by atoms with Crippen molar-refractivity contribution >= 4 is 5.91 Å². The lowest BCUT2D eigenvalue weighted by atomic mass is 9.98. The van der Waals surface area contributed by atoms with Crippen LogP contribution in [0.2, 0.25) is 0 Å². The zero-order valence-electron chi connectivity index (χ0n) is 16.0. The van der Waals surface area contributed by atoms with E-state index < -0.39 is 0 Å². The summed E-state index contributed by atoms with van der Waals surface area (Å²) in [6.45, 7) is 2.17. The third-order valence-corrected chi connectivity index (χ3v) is 5.18. The van der Waals surface area contributed by atoms with Gasteiger partial charge in [-0.15, -0.1) is 5.10 Å². The Morgan fingerprint density at radius 2 is 1.93 bits per heavy atom. The number of para-hydroxylation sites is 1. The van der Waals surface area contributed by atoms with E-state index in [1.807, 2.05) is 66.5 Å². The Morgan fingerprint density at radius 3 is 2.64 bits per heavy atom. The monoisotopic (exact) mass is 376 g/mol. The van der Waals surface area contributed by atoms with Crippen LogP contribution in [0.1, 0.15) is 23.2 Å². The summed E-state index contributed by atoms with van der Waals surface area (Å²) >= 11 is 0. The van der Waals surface area contributed by atoms with Gasteiger partial charge in [-0.3, -0.25) is 4.79 Å². The number of piperidine rings is 1. The number of benzene rings is 2. The average molecular weight is 376 g/mol. The SMILES string of the molecule is Cn1nncc1-c1ccc(C(=O)N2CCCC(COc3ccccc3)C2)cc1. The van der Waals surface area contributed by atoms with Crippen LogP contribution >= 0.6 is 0 Å². The second kappa shape index (κ2) is 8.25. The van der Waals surface area contributed by atoms with Crippen LogP contribution in [0.5, 0.6) is 5.75 Å². The number of aryl methyl sites for hydroxylation is 1. The van der Waals surface area contributed by atoms with Gasteiger partial charge in [0.2, 0.25) is 0 Å². The maximum atomic E-state index is 12.9. The summed E-state index contributed by atoms with van der Waals surface area (Å²) in [4.78, 5) is 14.9. The van der Waals surface area contributed by atoms with E-state index in [0.717, 1.165) is 42.9 Å². The first-order valence-electron chi connectivity index (χ1n) is 9.63. The summed E-state index contributed by atoms with van der Waals surface area (Å²) in [5.74, 6) is 1.32. The molecule has 144 valence electrons. The molecule has 3 aromatic rings. The molecule has 1 aromatic heterocycles. The molecule has 2 heterocycles. The van der Waals surface area contributed by atoms with E-state index in [1.165, 1.54) is 0 Å². The third-order valence-electron chi connectivity index (χ3n) is 5.18. The number of hydrogen-bond donors (Lipinski definition) is 0. The molecule has 0 N–H and O–H groups in total. The van der Waals surface area contributed by atoms with Crippen molar-refractivity contribution in [2.75, 3.05) is 19.7 Å². The Hall–Kier alpha value is -3.15. The summed E-state index contributed by atoms with van der Waals surface area (Å²) in [6, 6.07) is 17.5. The van der Waals surface area contributed by atoms with Crippen LogP contribution in [0.3, 0.4) is 0 Å². The molecule has 1 fully saturated rings. The number of amides is 1. The molecule has 1 aliphatic heterocycles. The van der Waals surface area contributed by atoms with Crippen molar-refractivity contribution in [2.24, 2.45) is 13.0 Å². The van der Waals surface area contributed by atoms with Crippen molar-refractivity contribution in [2.45, 2.75) is 12.8 Å². The molecule has 1 unspecified atom stereocenters. The quantitative estimate of drug-likeness (QED) is 0.685. The maximum absolute atomic E-state index is 12.9. The highest BCUT2D eigenvalue weighted by molar-refractivity contribution is 5.94. The topological polar surface area (TPSA) is 60.2 Å². The Morgan fingerprint density at radius 1 is 1.14 bits per heavy atom. The zero-order chi connectivity index (χ0) is 19.3. The lowest BCUT2D eigenvalue weighted by Gasteiger charge is -2.32. The van der Waals surface area contributed by atoms with Crippen LogP contribution in [0.25, 0.3) is 11.3 Å². The highest BCUT2D eigenvalue weighted by Crippen LogP contribution is 2.22. The van der Waals surface area contributed by atoms with Crippen molar-refractivity contribution in [3.05, 3.63) is 66.4 Å². The first kappa shape index (κ1) is 18.2. The third kappa shape index (κ3) is 4.06. The number of hydrogen-bond acceptors (Lipinski definition) is 4. The molecule has 0 spiro atoms. The molecule has 0 bridgehead atoms. The molecule has 1 saturated heterocycles. The van der Waals surface area contributed by atoms with E-state index in [0.29, 0.717) is 18.1 Å². The molecule has 1 atom stereocenters. The van der Waals surface area contributed by atoms with Crippen molar-refractivity contribution in [3.63, 3.8) is 0 Å². The fourth-order valence-corrected chi connectivity index (χ4v) is 3.63. The molecular weight excluding hydrogens is 352 g/mol. The lowest BCUT2D eigenvalue weighted by molar-refractivity contribution is 0.0633. The van der Waals surface area contributed by atoms with Crippen molar-refractivity contribution < 1.29 is 9.53 Å². The normalized spacial score (nSPS) is 16.8. The van der Waals surface area contributed by atoms with Gasteiger partial charge in [0.1, 0.15) is 5.75 Å². The van der Waals surface area contributed by atoms with Crippen LogP contribution in [0.15, 0.2) is 60.8 Å². The highest BCUT2D eigenvalue weighted by atomic mass is 16.5. The van der Waals surface area contributed by atoms with Gasteiger partial charge in [0, 0.05) is 37.2 Å². The van der Waals surface area contributed by atoms with Gasteiger partial charge in [-0.25, -0.2) is 4.68 Å². The van der Waals surface area contributed by atoms with Gasteiger partial charge in [-0.1, -0.05) is 35.5 Å². The largest absolute Gasteiger partial charge is 0.493 e. The fourth-order valence-electron chi connectivity index (χ4n) is 3.63. The predicted molar refractivity (Wildman–Crippen MR) is 107 cm³/mol. The first-order chi connectivity index (χ1) is 13.7. The fraction of sp³-hybridized carbons (Fsp3) is 0.318. The molecule has 6 heteroatoms. The Kier molecular flexibility index (Phi) is 5.37. The number of carbonyl (C=O) groups is 1. The Labute approximate surface area is 164 Å². The zero-order valence-corrected chi connectivity index (χ0v) is 16.0. The van der Waals surface area contributed by atoms with E-state index in [2.05, 4.69) is 10.3 Å². The molecule has 1 amide bonds. The molecule has 6 nitrogen and oxygen atoms in total. The lowest BCUT2D eigenvalue weighted by Crippen LogP contribution is -2.41. The average Bonchev–Trinajstić information content (AvgIpc) is 3.19. The second-order valence-electron chi connectivity index (χ2n) is 7.20. The summed E-state index contributed by atoms with van der Waals surface area (Å²) in [5, 5.41) is 7.85. The molecule has 0 radical (unpaired) electrons. The van der Waals surface area contributed by atoms with Gasteiger partial charge in [0.05, 0.1) is 18.5 Å². The molecule has 4 rings (SSSR count). The highest BCUT2D eigenvalue weighted by Gasteiger charge is 2.25. The van der Waals surface area contributed by atoms with Gasteiger partial charge in [-0.2, -0.15) is 0 Å². The standard InChI is InChI=1S/C22H24N4O2/c1-25-21(14-23-24-25)18-9-11-19(12-10-18)22(27)26-13-5-6-17(15-26)16-28-20-7-3-2-4-8-20/h2-4,7-12,14,17H,5-6,13,15-16H2,1H3. The predicted octanol–water partition coefficient (Wildman–Crippen LogP) is 3.41. The van der Waals surface area contributed by atoms with Crippen LogP contribution in [-0.2, 0) is 7.05 Å². The van der Waals surface area contributed by atoms with Crippen LogP contribution in [0, 0.1) is 5.92 Å². The van der Waals surface area contributed by atoms with Gasteiger partial charge in [-0.05, 0) is 37.1 Å². The molecule has 0 aliphatic carbocycles. The number of likely N-dealkylation sites (tertiary alicyclic amines) is 1. The van der Waals surface area contributed by atoms with Crippen molar-refractivity contribution in [1.82, 2.24) is 19.9 Å². The van der Waals surface area contributed by atoms with Gasteiger partial charge >= 0.3 is 0 Å². The smallest absolute Gasteiger partial charge is 0.253 e. The Bertz CT molecular complexity index is 921. The summed E-state index contributed by atoms with van der Waals surface area (Å²) in [6.07, 6.45) is 3.81. The van der Waals surface area contributed by atoms with Crippen LogP contribution in [-0.4, -0.2) is 45.5 Å². The minimum absolute atomic E-state index is 0.0825. The molecule has 28 heavy (non-hydrogen) atoms. The van der Waals surface area contributed by atoms with E-state index >= 15 is 0 Å². The molecule has 2 aromatic carbocycles.